The van der Waals surface area contributed by atoms with Crippen molar-refractivity contribution in [3.8, 4) is 28.1 Å². The first-order valence-electron chi connectivity index (χ1n) is 12.8. The Kier molecular flexibility index (Phi) is 7.41. The van der Waals surface area contributed by atoms with Gasteiger partial charge in [-0.15, -0.1) is 13.2 Å². The summed E-state index contributed by atoms with van der Waals surface area (Å²) in [6.07, 6.45) is -1.07. The van der Waals surface area contributed by atoms with Gasteiger partial charge in [0.05, 0.1) is 11.9 Å². The largest absolute Gasteiger partial charge is 0.573 e. The summed E-state index contributed by atoms with van der Waals surface area (Å²) in [7, 11) is 1.91. The van der Waals surface area contributed by atoms with Crippen LogP contribution >= 0.6 is 0 Å². The Labute approximate surface area is 229 Å². The molecule has 1 saturated heterocycles. The normalized spacial score (nSPS) is 15.3. The zero-order valence-corrected chi connectivity index (χ0v) is 21.9. The van der Waals surface area contributed by atoms with Gasteiger partial charge >= 0.3 is 6.36 Å². The lowest BCUT2D eigenvalue weighted by Gasteiger charge is -2.33. The highest BCUT2D eigenvalue weighted by Crippen LogP contribution is 2.31. The van der Waals surface area contributed by atoms with E-state index in [1.165, 1.54) is 31.2 Å². The Bertz CT molecular complexity index is 1520. The lowest BCUT2D eigenvalue weighted by Crippen LogP contribution is -2.43. The predicted octanol–water partition coefficient (Wildman–Crippen LogP) is 3.40. The molecule has 0 unspecified atom stereocenters. The summed E-state index contributed by atoms with van der Waals surface area (Å²) in [6, 6.07) is 9.12. The number of nitrogens with zero attached hydrogens (tertiary/aromatic N) is 5. The lowest BCUT2D eigenvalue weighted by atomic mass is 9.69. The van der Waals surface area contributed by atoms with Crippen molar-refractivity contribution in [2.24, 2.45) is 0 Å². The number of carbonyl (C=O) groups excluding carboxylic acids is 1. The van der Waals surface area contributed by atoms with Gasteiger partial charge in [-0.1, -0.05) is 12.9 Å². The third-order valence-corrected chi connectivity index (χ3v) is 7.05. The average molecular weight is 551 g/mol. The number of aromatic nitrogens is 4. The second-order valence-corrected chi connectivity index (χ2v) is 9.66. The molecule has 4 aromatic rings. The number of nitrogen functional groups attached to an aromatic ring is 1. The van der Waals surface area contributed by atoms with Crippen LogP contribution in [-0.4, -0.2) is 68.3 Å². The number of aliphatic hydroxyl groups is 1. The van der Waals surface area contributed by atoms with E-state index in [-0.39, 0.29) is 17.6 Å². The number of piperidine rings is 1. The van der Waals surface area contributed by atoms with Crippen molar-refractivity contribution in [2.75, 3.05) is 18.8 Å². The van der Waals surface area contributed by atoms with Crippen LogP contribution in [0, 0.1) is 0 Å². The fraction of sp³-hybridized carbons (Fsp3) is 0.333. The van der Waals surface area contributed by atoms with Crippen LogP contribution in [0.15, 0.2) is 48.8 Å². The molecule has 13 heteroatoms. The summed E-state index contributed by atoms with van der Waals surface area (Å²) >= 11 is 0. The zero-order valence-electron chi connectivity index (χ0n) is 21.9. The van der Waals surface area contributed by atoms with Crippen molar-refractivity contribution in [2.45, 2.75) is 45.0 Å². The van der Waals surface area contributed by atoms with Crippen molar-refractivity contribution >= 4 is 30.1 Å². The number of amides is 1. The highest BCUT2D eigenvalue weighted by molar-refractivity contribution is 6.54. The van der Waals surface area contributed by atoms with E-state index in [0.717, 1.165) is 22.3 Å². The third-order valence-electron chi connectivity index (χ3n) is 7.05. The van der Waals surface area contributed by atoms with E-state index in [4.69, 9.17) is 10.7 Å². The number of ether oxygens (including phenoxy) is 1. The summed E-state index contributed by atoms with van der Waals surface area (Å²) in [5, 5.41) is 14.1. The number of rotatable bonds is 6. The Morgan fingerprint density at radius 2 is 1.80 bits per heavy atom. The van der Waals surface area contributed by atoms with Gasteiger partial charge in [-0.25, -0.2) is 4.98 Å². The molecule has 3 aromatic heterocycles. The number of pyridine rings is 1. The van der Waals surface area contributed by atoms with Gasteiger partial charge < -0.3 is 20.5 Å². The monoisotopic (exact) mass is 551 g/mol. The first-order chi connectivity index (χ1) is 19.1. The summed E-state index contributed by atoms with van der Waals surface area (Å²) < 4.78 is 42.9. The molecule has 40 heavy (non-hydrogen) atoms. The van der Waals surface area contributed by atoms with Crippen molar-refractivity contribution in [3.63, 3.8) is 0 Å². The summed E-state index contributed by atoms with van der Waals surface area (Å²) in [4.78, 5) is 23.4. The molecule has 1 aromatic carbocycles. The van der Waals surface area contributed by atoms with E-state index < -0.39 is 12.5 Å². The van der Waals surface area contributed by atoms with Crippen molar-refractivity contribution < 1.29 is 27.8 Å². The molecular weight excluding hydrogens is 524 g/mol. The Balaban J connectivity index is 1.42. The molecule has 0 saturated carbocycles. The molecule has 207 valence electrons. The van der Waals surface area contributed by atoms with Gasteiger partial charge in [0.25, 0.3) is 5.91 Å². The highest BCUT2D eigenvalue weighted by Gasteiger charge is 2.31. The Hall–Kier alpha value is -4.13. The van der Waals surface area contributed by atoms with Gasteiger partial charge in [0.15, 0.2) is 12.9 Å². The second kappa shape index (κ2) is 10.8. The number of hydrogen-bond donors (Lipinski definition) is 2. The predicted molar refractivity (Wildman–Crippen MR) is 144 cm³/mol. The number of fused-ring (bicyclic) bond motifs is 1. The van der Waals surface area contributed by atoms with Gasteiger partial charge in [0.1, 0.15) is 17.7 Å². The number of aliphatic hydroxyl groups excluding tert-OH is 1. The van der Waals surface area contributed by atoms with E-state index in [1.54, 1.807) is 27.9 Å². The van der Waals surface area contributed by atoms with Crippen molar-refractivity contribution in [1.82, 2.24) is 24.5 Å². The third kappa shape index (κ3) is 5.46. The number of nitrogens with two attached hydrogens (primary N) is 1. The van der Waals surface area contributed by atoms with Crippen LogP contribution in [0.25, 0.3) is 28.0 Å². The van der Waals surface area contributed by atoms with Crippen LogP contribution in [0.4, 0.5) is 19.0 Å². The molecule has 3 N–H and O–H groups in total. The van der Waals surface area contributed by atoms with E-state index in [2.05, 4.69) is 14.8 Å². The Morgan fingerprint density at radius 1 is 1.12 bits per heavy atom. The molecule has 0 bridgehead atoms. The number of anilines is 1. The molecule has 1 atom stereocenters. The summed E-state index contributed by atoms with van der Waals surface area (Å²) in [5.74, 6) is -0.0445. The quantitative estimate of drug-likeness (QED) is 0.353. The van der Waals surface area contributed by atoms with Gasteiger partial charge in [0, 0.05) is 47.6 Å². The molecule has 5 rings (SSSR count). The zero-order chi connectivity index (χ0) is 28.6. The SMILES string of the molecule is C[B]c1c(C2CCN(C(=O)[C@@H](C)O)CC2)nc2c(-c3ccc(-c4ccc(OC(F)(F)F)cc4)nc3)cnn2c1N. The first-order valence-corrected chi connectivity index (χ1v) is 12.8. The Morgan fingerprint density at radius 3 is 2.38 bits per heavy atom. The number of halogens is 3. The van der Waals surface area contributed by atoms with E-state index in [0.29, 0.717) is 48.7 Å². The van der Waals surface area contributed by atoms with Crippen LogP contribution in [-0.2, 0) is 4.79 Å². The minimum absolute atomic E-state index is 0.0732. The topological polar surface area (TPSA) is 119 Å². The van der Waals surface area contributed by atoms with E-state index >= 15 is 0 Å². The minimum atomic E-state index is -4.75. The lowest BCUT2D eigenvalue weighted by molar-refractivity contribution is -0.274. The van der Waals surface area contributed by atoms with Crippen molar-refractivity contribution in [1.29, 1.82) is 0 Å². The highest BCUT2D eigenvalue weighted by atomic mass is 19.4. The minimum Gasteiger partial charge on any atom is -0.406 e. The molecule has 0 aliphatic carbocycles. The van der Waals surface area contributed by atoms with Crippen LogP contribution in [0.5, 0.6) is 5.75 Å². The maximum Gasteiger partial charge on any atom is 0.573 e. The molecule has 1 aliphatic heterocycles. The maximum atomic E-state index is 12.4. The van der Waals surface area contributed by atoms with Gasteiger partial charge in [-0.2, -0.15) is 9.61 Å². The summed E-state index contributed by atoms with van der Waals surface area (Å²) in [6.45, 7) is 4.40. The van der Waals surface area contributed by atoms with Crippen LogP contribution in [0.1, 0.15) is 31.4 Å². The maximum absolute atomic E-state index is 12.4. The van der Waals surface area contributed by atoms with Crippen LogP contribution < -0.4 is 15.9 Å². The number of carbonyl (C=O) groups is 1. The van der Waals surface area contributed by atoms with Crippen LogP contribution in [0.2, 0.25) is 6.82 Å². The van der Waals surface area contributed by atoms with Crippen LogP contribution in [0.3, 0.4) is 0 Å². The van der Waals surface area contributed by atoms with E-state index in [9.17, 15) is 23.1 Å². The standard InChI is InChI=1S/C27H27BF3N6O3/c1-15(38)26(39)36-11-9-17(10-12-36)23-22(28-2)24(32)37-25(35-23)20(14-34-37)18-5-8-21(33-13-18)16-3-6-19(7-4-16)40-27(29,30)31/h3-8,13-15,17,38H,9-12,32H2,1-2H3/t15-/m1/s1. The van der Waals surface area contributed by atoms with Gasteiger partial charge in [-0.3, -0.25) is 9.78 Å². The molecular formula is C27H27BF3N6O3. The smallest absolute Gasteiger partial charge is 0.406 e. The van der Waals surface area contributed by atoms with Crippen molar-refractivity contribution in [3.05, 3.63) is 54.5 Å². The number of likely N-dealkylation sites (tertiary alicyclic amines) is 1. The molecule has 1 radical (unpaired) electrons. The fourth-order valence-corrected chi connectivity index (χ4v) is 5.04. The van der Waals surface area contributed by atoms with Gasteiger partial charge in [0.2, 0.25) is 0 Å². The second-order valence-electron chi connectivity index (χ2n) is 9.66. The number of benzene rings is 1. The molecule has 0 spiro atoms. The molecule has 1 amide bonds. The molecule has 1 fully saturated rings. The molecule has 1 aliphatic rings. The molecule has 4 heterocycles. The first kappa shape index (κ1) is 27.4. The molecule has 9 nitrogen and oxygen atoms in total. The average Bonchev–Trinajstić information content (AvgIpc) is 3.37. The fourth-order valence-electron chi connectivity index (χ4n) is 5.04. The summed E-state index contributed by atoms with van der Waals surface area (Å²) in [5.41, 5.74) is 11.4. The number of alkyl halides is 3. The van der Waals surface area contributed by atoms with Gasteiger partial charge in [-0.05, 0) is 55.6 Å². The van der Waals surface area contributed by atoms with E-state index in [1.807, 2.05) is 20.2 Å². The number of hydrogen-bond acceptors (Lipinski definition) is 7.